The van der Waals surface area contributed by atoms with Gasteiger partial charge in [-0.2, -0.15) is 13.2 Å². The summed E-state index contributed by atoms with van der Waals surface area (Å²) in [5, 5.41) is 15.5. The number of carbonyl (C=O) groups is 1. The van der Waals surface area contributed by atoms with Crippen molar-refractivity contribution in [3.8, 4) is 0 Å². The second kappa shape index (κ2) is 10.6. The lowest BCUT2D eigenvalue weighted by Crippen LogP contribution is -2.41. The highest BCUT2D eigenvalue weighted by molar-refractivity contribution is 5.73. The van der Waals surface area contributed by atoms with E-state index >= 15 is 0 Å². The van der Waals surface area contributed by atoms with E-state index in [2.05, 4.69) is 64.0 Å². The van der Waals surface area contributed by atoms with Crippen molar-refractivity contribution in [2.75, 3.05) is 13.6 Å². The van der Waals surface area contributed by atoms with Crippen LogP contribution in [0.3, 0.4) is 0 Å². The van der Waals surface area contributed by atoms with Crippen LogP contribution in [0.15, 0.2) is 36.7 Å². The van der Waals surface area contributed by atoms with Crippen LogP contribution in [-0.4, -0.2) is 50.5 Å². The van der Waals surface area contributed by atoms with E-state index in [9.17, 15) is 13.2 Å². The smallest absolute Gasteiger partial charge is 0.475 e. The highest BCUT2D eigenvalue weighted by Crippen LogP contribution is 2.40. The second-order valence-corrected chi connectivity index (χ2v) is 7.72. The molecule has 9 heteroatoms. The molecule has 166 valence electrons. The van der Waals surface area contributed by atoms with Gasteiger partial charge < -0.3 is 9.67 Å². The Morgan fingerprint density at radius 1 is 1.20 bits per heavy atom. The van der Waals surface area contributed by atoms with E-state index in [0.29, 0.717) is 5.41 Å². The van der Waals surface area contributed by atoms with Crippen molar-refractivity contribution < 1.29 is 23.1 Å². The predicted molar refractivity (Wildman–Crippen MR) is 107 cm³/mol. The Balaban J connectivity index is 0.000000396. The summed E-state index contributed by atoms with van der Waals surface area (Å²) in [5.41, 5.74) is 1.80. The number of rotatable bonds is 6. The van der Waals surface area contributed by atoms with Gasteiger partial charge in [0.05, 0.1) is 6.54 Å². The number of hydrogen-bond donors (Lipinski definition) is 1. The number of benzene rings is 1. The first-order valence-electron chi connectivity index (χ1n) is 10.1. The zero-order valence-electron chi connectivity index (χ0n) is 17.4. The number of alkyl halides is 3. The van der Waals surface area contributed by atoms with Gasteiger partial charge in [-0.25, -0.2) is 4.79 Å². The van der Waals surface area contributed by atoms with Crippen LogP contribution < -0.4 is 0 Å². The number of aryl methyl sites for hydroxylation is 1. The van der Waals surface area contributed by atoms with E-state index in [0.717, 1.165) is 25.5 Å². The fraction of sp³-hybridized carbons (Fsp3) is 0.571. The zero-order valence-corrected chi connectivity index (χ0v) is 17.4. The number of carboxylic acid groups (broad SMARTS) is 1. The van der Waals surface area contributed by atoms with Crippen molar-refractivity contribution in [1.29, 1.82) is 0 Å². The van der Waals surface area contributed by atoms with E-state index in [1.807, 2.05) is 6.33 Å². The normalized spacial score (nSPS) is 16.1. The van der Waals surface area contributed by atoms with Crippen LogP contribution in [0.4, 0.5) is 13.2 Å². The fourth-order valence-corrected chi connectivity index (χ4v) is 4.04. The second-order valence-electron chi connectivity index (χ2n) is 7.72. The average molecular weight is 426 g/mol. The third-order valence-electron chi connectivity index (χ3n) is 5.46. The molecule has 30 heavy (non-hydrogen) atoms. The van der Waals surface area contributed by atoms with Crippen molar-refractivity contribution in [3.63, 3.8) is 0 Å². The Hall–Kier alpha value is -2.42. The third kappa shape index (κ3) is 6.55. The molecule has 0 unspecified atom stereocenters. The molecular formula is C21H29F3N4O2. The first-order chi connectivity index (χ1) is 14.2. The molecular weight excluding hydrogens is 397 g/mol. The van der Waals surface area contributed by atoms with Crippen molar-refractivity contribution >= 4 is 5.97 Å². The predicted octanol–water partition coefficient (Wildman–Crippen LogP) is 4.27. The molecule has 3 rings (SSSR count). The van der Waals surface area contributed by atoms with Crippen LogP contribution in [0.1, 0.15) is 50.4 Å². The van der Waals surface area contributed by atoms with Gasteiger partial charge in [0.15, 0.2) is 0 Å². The number of aliphatic carboxylic acids is 1. The molecule has 0 saturated heterocycles. The lowest BCUT2D eigenvalue weighted by molar-refractivity contribution is -0.192. The maximum absolute atomic E-state index is 10.6. The number of likely N-dealkylation sites (N-methyl/N-ethyl adjacent to an activating group) is 1. The molecule has 1 aromatic heterocycles. The van der Waals surface area contributed by atoms with E-state index in [4.69, 9.17) is 9.90 Å². The van der Waals surface area contributed by atoms with Gasteiger partial charge in [0.25, 0.3) is 0 Å². The number of hydrogen-bond acceptors (Lipinski definition) is 4. The van der Waals surface area contributed by atoms with Crippen LogP contribution in [-0.2, 0) is 23.3 Å². The minimum Gasteiger partial charge on any atom is -0.475 e. The molecule has 0 spiro atoms. The first kappa shape index (κ1) is 23.9. The summed E-state index contributed by atoms with van der Waals surface area (Å²) in [4.78, 5) is 11.3. The maximum Gasteiger partial charge on any atom is 0.490 e. The molecule has 0 aliphatic heterocycles. The summed E-state index contributed by atoms with van der Waals surface area (Å²) in [6.45, 7) is 5.02. The molecule has 0 amide bonds. The molecule has 1 aromatic carbocycles. The van der Waals surface area contributed by atoms with Crippen molar-refractivity contribution in [3.05, 3.63) is 48.0 Å². The van der Waals surface area contributed by atoms with E-state index in [1.54, 1.807) is 0 Å². The number of halogens is 3. The molecule has 6 nitrogen and oxygen atoms in total. The summed E-state index contributed by atoms with van der Waals surface area (Å²) in [6.07, 6.45) is 3.39. The molecule has 0 radical (unpaired) electrons. The van der Waals surface area contributed by atoms with Crippen molar-refractivity contribution in [2.45, 2.75) is 63.7 Å². The van der Waals surface area contributed by atoms with Crippen LogP contribution in [0.5, 0.6) is 0 Å². The molecule has 1 saturated carbocycles. The van der Waals surface area contributed by atoms with Gasteiger partial charge in [-0.05, 0) is 32.4 Å². The zero-order chi connectivity index (χ0) is 22.2. The van der Waals surface area contributed by atoms with Crippen LogP contribution in [0, 0.1) is 0 Å². The Kier molecular flexibility index (Phi) is 8.40. The number of carboxylic acids is 1. The average Bonchev–Trinajstić information content (AvgIpc) is 3.16. The van der Waals surface area contributed by atoms with Gasteiger partial charge in [0.1, 0.15) is 12.2 Å². The molecule has 1 aliphatic carbocycles. The summed E-state index contributed by atoms with van der Waals surface area (Å²) < 4.78 is 33.9. The van der Waals surface area contributed by atoms with Gasteiger partial charge in [-0.1, -0.05) is 49.6 Å². The van der Waals surface area contributed by atoms with E-state index in [1.165, 1.54) is 37.7 Å². The fourth-order valence-electron chi connectivity index (χ4n) is 4.04. The largest absolute Gasteiger partial charge is 0.490 e. The molecule has 1 fully saturated rings. The van der Waals surface area contributed by atoms with Crippen molar-refractivity contribution in [1.82, 2.24) is 19.7 Å². The van der Waals surface area contributed by atoms with Gasteiger partial charge in [-0.3, -0.25) is 4.90 Å². The highest BCUT2D eigenvalue weighted by Gasteiger charge is 2.38. The van der Waals surface area contributed by atoms with E-state index < -0.39 is 12.1 Å². The maximum atomic E-state index is 10.6. The lowest BCUT2D eigenvalue weighted by Gasteiger charge is -2.40. The minimum atomic E-state index is -5.08. The minimum absolute atomic E-state index is 0.297. The Morgan fingerprint density at radius 3 is 2.33 bits per heavy atom. The van der Waals surface area contributed by atoms with Crippen LogP contribution in [0.2, 0.25) is 0 Å². The van der Waals surface area contributed by atoms with Crippen LogP contribution in [0.25, 0.3) is 0 Å². The highest BCUT2D eigenvalue weighted by atomic mass is 19.4. The summed E-state index contributed by atoms with van der Waals surface area (Å²) in [6, 6.07) is 11.1. The van der Waals surface area contributed by atoms with Gasteiger partial charge in [0, 0.05) is 18.5 Å². The topological polar surface area (TPSA) is 71.2 Å². The number of aromatic nitrogens is 3. The molecule has 0 bridgehead atoms. The Morgan fingerprint density at radius 2 is 1.80 bits per heavy atom. The Bertz CT molecular complexity index is 787. The monoisotopic (exact) mass is 426 g/mol. The lowest BCUT2D eigenvalue weighted by atomic mass is 9.69. The standard InChI is InChI=1S/C19H28N4.C2HF3O2/c1-3-23-16-20-21-18(23)14-22(2)15-19(12-8-5-9-13-19)17-10-6-4-7-11-17;3-2(4,5)1(6)7/h4,6-7,10-11,16H,3,5,8-9,12-15H2,1-2H3;(H,6,7). The van der Waals surface area contributed by atoms with E-state index in [-0.39, 0.29) is 0 Å². The van der Waals surface area contributed by atoms with Crippen molar-refractivity contribution in [2.24, 2.45) is 0 Å². The van der Waals surface area contributed by atoms with Crippen LogP contribution >= 0.6 is 0 Å². The molecule has 0 atom stereocenters. The SMILES string of the molecule is CCn1cnnc1CN(C)CC1(c2ccccc2)CCCCC1.O=C(O)C(F)(F)F. The Labute approximate surface area is 174 Å². The summed E-state index contributed by atoms with van der Waals surface area (Å²) >= 11 is 0. The molecule has 1 N–H and O–H groups in total. The molecule has 1 aliphatic rings. The summed E-state index contributed by atoms with van der Waals surface area (Å²) in [7, 11) is 2.22. The van der Waals surface area contributed by atoms with Gasteiger partial charge in [-0.15, -0.1) is 10.2 Å². The molecule has 1 heterocycles. The summed E-state index contributed by atoms with van der Waals surface area (Å²) in [5.74, 6) is -1.69. The quantitative estimate of drug-likeness (QED) is 0.747. The van der Waals surface area contributed by atoms with Gasteiger partial charge >= 0.3 is 12.1 Å². The van der Waals surface area contributed by atoms with Gasteiger partial charge in [0.2, 0.25) is 0 Å². The third-order valence-corrected chi connectivity index (χ3v) is 5.46. The molecule has 2 aromatic rings. The first-order valence-corrected chi connectivity index (χ1v) is 10.1. The number of nitrogens with zero attached hydrogens (tertiary/aromatic N) is 4.